The third-order valence-corrected chi connectivity index (χ3v) is 3.56. The maximum Gasteiger partial charge on any atom is 0.255 e. The van der Waals surface area contributed by atoms with E-state index in [1.807, 2.05) is 30.5 Å². The Balaban J connectivity index is 2.21. The Hall–Kier alpha value is -1.72. The lowest BCUT2D eigenvalue weighted by Gasteiger charge is -2.08. The quantitative estimate of drug-likeness (QED) is 0.667. The number of nitrogens with one attached hydrogen (secondary N) is 2. The number of aromatic nitrogens is 1. The second kappa shape index (κ2) is 6.63. The summed E-state index contributed by atoms with van der Waals surface area (Å²) in [6, 6.07) is 10.8. The monoisotopic (exact) mass is 307 g/mol. The molecule has 0 spiro atoms. The molecule has 0 bridgehead atoms. The predicted molar refractivity (Wildman–Crippen MR) is 85.0 cm³/mol. The van der Waals surface area contributed by atoms with Crippen LogP contribution in [0.3, 0.4) is 0 Å². The second-order valence-electron chi connectivity index (χ2n) is 4.00. The van der Waals surface area contributed by atoms with Crippen molar-refractivity contribution in [2.24, 2.45) is 0 Å². The Labute approximate surface area is 126 Å². The summed E-state index contributed by atoms with van der Waals surface area (Å²) in [5, 5.41) is 5.99. The van der Waals surface area contributed by atoms with Crippen LogP contribution >= 0.6 is 23.4 Å². The Bertz CT molecular complexity index is 634. The van der Waals surface area contributed by atoms with Crippen molar-refractivity contribution in [3.8, 4) is 0 Å². The van der Waals surface area contributed by atoms with E-state index in [0.717, 1.165) is 10.6 Å². The second-order valence-corrected chi connectivity index (χ2v) is 5.27. The predicted octanol–water partition coefficient (Wildman–Crippen LogP) is 3.75. The lowest BCUT2D eigenvalue weighted by atomic mass is 10.2. The SMILES string of the molecule is CNc1cc(C(=O)Nc2cccc(SC)c2)cc(Cl)n1. The maximum atomic E-state index is 12.2. The number of hydrogen-bond donors (Lipinski definition) is 2. The zero-order valence-electron chi connectivity index (χ0n) is 11.1. The van der Waals surface area contributed by atoms with Crippen molar-refractivity contribution in [2.75, 3.05) is 23.9 Å². The van der Waals surface area contributed by atoms with Crippen LogP contribution in [0, 0.1) is 0 Å². The van der Waals surface area contributed by atoms with Gasteiger partial charge in [-0.2, -0.15) is 0 Å². The van der Waals surface area contributed by atoms with Gasteiger partial charge in [-0.05, 0) is 36.6 Å². The van der Waals surface area contributed by atoms with Crippen molar-refractivity contribution in [3.63, 3.8) is 0 Å². The van der Waals surface area contributed by atoms with Gasteiger partial charge in [0.1, 0.15) is 11.0 Å². The normalized spacial score (nSPS) is 10.2. The van der Waals surface area contributed by atoms with Crippen molar-refractivity contribution in [3.05, 3.63) is 47.1 Å². The number of rotatable bonds is 4. The van der Waals surface area contributed by atoms with E-state index in [9.17, 15) is 4.79 Å². The number of pyridine rings is 1. The molecule has 104 valence electrons. The molecule has 0 aliphatic rings. The summed E-state index contributed by atoms with van der Waals surface area (Å²) in [4.78, 5) is 17.3. The Morgan fingerprint density at radius 3 is 2.80 bits per heavy atom. The number of hydrogen-bond acceptors (Lipinski definition) is 4. The molecule has 6 heteroatoms. The van der Waals surface area contributed by atoms with E-state index in [2.05, 4.69) is 15.6 Å². The average Bonchev–Trinajstić information content (AvgIpc) is 2.46. The van der Waals surface area contributed by atoms with E-state index in [4.69, 9.17) is 11.6 Å². The molecule has 0 unspecified atom stereocenters. The van der Waals surface area contributed by atoms with Crippen LogP contribution in [0.1, 0.15) is 10.4 Å². The maximum absolute atomic E-state index is 12.2. The van der Waals surface area contributed by atoms with Crippen LogP contribution in [0.25, 0.3) is 0 Å². The van der Waals surface area contributed by atoms with Gasteiger partial charge in [-0.1, -0.05) is 17.7 Å². The van der Waals surface area contributed by atoms with Crippen LogP contribution < -0.4 is 10.6 Å². The molecule has 1 aromatic heterocycles. The number of anilines is 2. The molecule has 0 atom stereocenters. The molecule has 20 heavy (non-hydrogen) atoms. The van der Waals surface area contributed by atoms with Crippen molar-refractivity contribution in [1.29, 1.82) is 0 Å². The molecule has 2 N–H and O–H groups in total. The third kappa shape index (κ3) is 3.65. The first kappa shape index (κ1) is 14.7. The molecule has 0 aliphatic carbocycles. The van der Waals surface area contributed by atoms with Crippen LogP contribution in [-0.2, 0) is 0 Å². The third-order valence-electron chi connectivity index (χ3n) is 2.64. The number of thioether (sulfide) groups is 1. The van der Waals surface area contributed by atoms with Gasteiger partial charge in [0.15, 0.2) is 0 Å². The van der Waals surface area contributed by atoms with Gasteiger partial charge in [0, 0.05) is 23.2 Å². The van der Waals surface area contributed by atoms with Gasteiger partial charge in [-0.3, -0.25) is 4.79 Å². The number of carbonyl (C=O) groups excluding carboxylic acids is 1. The molecule has 0 fully saturated rings. The summed E-state index contributed by atoms with van der Waals surface area (Å²) in [5.74, 6) is 0.338. The fraction of sp³-hybridized carbons (Fsp3) is 0.143. The molecule has 1 aromatic carbocycles. The highest BCUT2D eigenvalue weighted by atomic mass is 35.5. The molecular weight excluding hydrogens is 294 g/mol. The zero-order chi connectivity index (χ0) is 14.5. The van der Waals surface area contributed by atoms with Crippen LogP contribution in [0.4, 0.5) is 11.5 Å². The Morgan fingerprint density at radius 1 is 1.30 bits per heavy atom. The van der Waals surface area contributed by atoms with Gasteiger partial charge in [0.05, 0.1) is 0 Å². The summed E-state index contributed by atoms with van der Waals surface area (Å²) in [6.45, 7) is 0. The van der Waals surface area contributed by atoms with E-state index in [0.29, 0.717) is 11.4 Å². The van der Waals surface area contributed by atoms with Crippen molar-refractivity contribution in [1.82, 2.24) is 4.98 Å². The molecule has 0 saturated heterocycles. The van der Waals surface area contributed by atoms with Crippen molar-refractivity contribution in [2.45, 2.75) is 4.90 Å². The summed E-state index contributed by atoms with van der Waals surface area (Å²) >= 11 is 7.51. The van der Waals surface area contributed by atoms with Crippen LogP contribution in [0.2, 0.25) is 5.15 Å². The van der Waals surface area contributed by atoms with Gasteiger partial charge in [0.2, 0.25) is 0 Å². The highest BCUT2D eigenvalue weighted by Crippen LogP contribution is 2.20. The Morgan fingerprint density at radius 2 is 2.10 bits per heavy atom. The van der Waals surface area contributed by atoms with E-state index in [1.165, 1.54) is 6.07 Å². The molecular formula is C14H14ClN3OS. The summed E-state index contributed by atoms with van der Waals surface area (Å²) in [7, 11) is 1.72. The molecule has 0 radical (unpaired) electrons. The number of benzene rings is 1. The lowest BCUT2D eigenvalue weighted by Crippen LogP contribution is -2.12. The minimum atomic E-state index is -0.218. The molecule has 1 amide bonds. The average molecular weight is 308 g/mol. The first-order valence-electron chi connectivity index (χ1n) is 5.93. The minimum Gasteiger partial charge on any atom is -0.373 e. The first-order valence-corrected chi connectivity index (χ1v) is 7.53. The van der Waals surface area contributed by atoms with E-state index < -0.39 is 0 Å². The molecule has 1 heterocycles. The number of nitrogens with zero attached hydrogens (tertiary/aromatic N) is 1. The van der Waals surface area contributed by atoms with E-state index in [1.54, 1.807) is 24.9 Å². The molecule has 4 nitrogen and oxygen atoms in total. The van der Waals surface area contributed by atoms with Gasteiger partial charge >= 0.3 is 0 Å². The first-order chi connectivity index (χ1) is 9.62. The summed E-state index contributed by atoms with van der Waals surface area (Å²) < 4.78 is 0. The minimum absolute atomic E-state index is 0.218. The van der Waals surface area contributed by atoms with Crippen LogP contribution in [0.15, 0.2) is 41.3 Å². The fourth-order valence-electron chi connectivity index (χ4n) is 1.66. The van der Waals surface area contributed by atoms with Gasteiger partial charge in [-0.25, -0.2) is 4.98 Å². The van der Waals surface area contributed by atoms with Gasteiger partial charge in [-0.15, -0.1) is 11.8 Å². The highest BCUT2D eigenvalue weighted by Gasteiger charge is 2.09. The van der Waals surface area contributed by atoms with Crippen molar-refractivity contribution < 1.29 is 4.79 Å². The summed E-state index contributed by atoms with van der Waals surface area (Å²) in [5.41, 5.74) is 1.21. The Kier molecular flexibility index (Phi) is 4.87. The van der Waals surface area contributed by atoms with Gasteiger partial charge < -0.3 is 10.6 Å². The smallest absolute Gasteiger partial charge is 0.255 e. The standard InChI is InChI=1S/C14H14ClN3OS/c1-16-13-7-9(6-12(15)18-13)14(19)17-10-4-3-5-11(8-10)20-2/h3-8H,1-2H3,(H,16,18)(H,17,19). The molecule has 2 rings (SSSR count). The highest BCUT2D eigenvalue weighted by molar-refractivity contribution is 7.98. The molecule has 0 saturated carbocycles. The van der Waals surface area contributed by atoms with Crippen LogP contribution in [0.5, 0.6) is 0 Å². The topological polar surface area (TPSA) is 54.0 Å². The number of halogens is 1. The van der Waals surface area contributed by atoms with Crippen molar-refractivity contribution >= 4 is 40.8 Å². The lowest BCUT2D eigenvalue weighted by molar-refractivity contribution is 0.102. The zero-order valence-corrected chi connectivity index (χ0v) is 12.7. The number of amides is 1. The van der Waals surface area contributed by atoms with Gasteiger partial charge in [0.25, 0.3) is 5.91 Å². The summed E-state index contributed by atoms with van der Waals surface area (Å²) in [6.07, 6.45) is 1.99. The van der Waals surface area contributed by atoms with E-state index in [-0.39, 0.29) is 11.1 Å². The molecule has 2 aromatic rings. The van der Waals surface area contributed by atoms with E-state index >= 15 is 0 Å². The largest absolute Gasteiger partial charge is 0.373 e. The fourth-order valence-corrected chi connectivity index (χ4v) is 2.33. The van der Waals surface area contributed by atoms with Crippen LogP contribution in [-0.4, -0.2) is 24.2 Å². The number of carbonyl (C=O) groups is 1. The molecule has 0 aliphatic heterocycles.